The second-order valence-corrected chi connectivity index (χ2v) is 13.1. The SMILES string of the molecule is CCC1=Cc2ccccc2C1c1cccc(-c2c3ccccc3c(-c3cc4c5c(cccc5c3)-c3ccccc3-4)c3ccccc23)c1. The van der Waals surface area contributed by atoms with Crippen LogP contribution in [0.3, 0.4) is 0 Å². The Bertz CT molecular complexity index is 2560. The maximum absolute atomic E-state index is 2.46. The molecule has 220 valence electrons. The van der Waals surface area contributed by atoms with E-state index < -0.39 is 0 Å². The highest BCUT2D eigenvalue weighted by atomic mass is 14.3. The van der Waals surface area contributed by atoms with E-state index in [1.807, 2.05) is 0 Å². The summed E-state index contributed by atoms with van der Waals surface area (Å²) in [7, 11) is 0. The van der Waals surface area contributed by atoms with E-state index in [0.29, 0.717) is 5.92 Å². The second-order valence-electron chi connectivity index (χ2n) is 13.1. The first kappa shape index (κ1) is 26.5. The lowest BCUT2D eigenvalue weighted by Gasteiger charge is -2.21. The van der Waals surface area contributed by atoms with E-state index in [-0.39, 0.29) is 0 Å². The van der Waals surface area contributed by atoms with Crippen molar-refractivity contribution in [1.29, 1.82) is 0 Å². The summed E-state index contributed by atoms with van der Waals surface area (Å²) in [5.74, 6) is 0.297. The molecule has 8 aromatic carbocycles. The third-order valence-corrected chi connectivity index (χ3v) is 10.6. The van der Waals surface area contributed by atoms with E-state index in [0.717, 1.165) is 6.42 Å². The Kier molecular flexibility index (Phi) is 5.72. The summed E-state index contributed by atoms with van der Waals surface area (Å²) < 4.78 is 0. The van der Waals surface area contributed by atoms with E-state index in [9.17, 15) is 0 Å². The number of hydrogen-bond acceptors (Lipinski definition) is 0. The molecule has 0 amide bonds. The molecule has 0 N–H and O–H groups in total. The van der Waals surface area contributed by atoms with Crippen LogP contribution in [-0.4, -0.2) is 0 Å². The van der Waals surface area contributed by atoms with Crippen LogP contribution < -0.4 is 0 Å². The van der Waals surface area contributed by atoms with Crippen molar-refractivity contribution in [2.45, 2.75) is 19.3 Å². The van der Waals surface area contributed by atoms with E-state index in [2.05, 4.69) is 165 Å². The highest BCUT2D eigenvalue weighted by molar-refractivity contribution is 6.23. The molecule has 0 heterocycles. The summed E-state index contributed by atoms with van der Waals surface area (Å²) in [6, 6.07) is 56.8. The van der Waals surface area contributed by atoms with Crippen LogP contribution >= 0.6 is 0 Å². The van der Waals surface area contributed by atoms with E-state index in [1.54, 1.807) is 0 Å². The monoisotopic (exact) mass is 596 g/mol. The van der Waals surface area contributed by atoms with E-state index in [1.165, 1.54) is 99.1 Å². The zero-order valence-corrected chi connectivity index (χ0v) is 26.3. The number of benzene rings is 8. The third-order valence-electron chi connectivity index (χ3n) is 10.6. The molecular weight excluding hydrogens is 565 g/mol. The first-order valence-corrected chi connectivity index (χ1v) is 16.8. The van der Waals surface area contributed by atoms with E-state index >= 15 is 0 Å². The van der Waals surface area contributed by atoms with Gasteiger partial charge in [0.25, 0.3) is 0 Å². The Morgan fingerprint density at radius 2 is 1.06 bits per heavy atom. The molecule has 1 atom stereocenters. The molecular formula is C47H32. The Balaban J connectivity index is 1.23. The minimum Gasteiger partial charge on any atom is -0.0619 e. The van der Waals surface area contributed by atoms with Crippen LogP contribution in [0.1, 0.15) is 36.0 Å². The fraction of sp³-hybridized carbons (Fsp3) is 0.0638. The van der Waals surface area contributed by atoms with Gasteiger partial charge in [-0.25, -0.2) is 0 Å². The van der Waals surface area contributed by atoms with Crippen LogP contribution in [0.15, 0.2) is 157 Å². The molecule has 0 saturated carbocycles. The quantitative estimate of drug-likeness (QED) is 0.177. The van der Waals surface area contributed by atoms with Crippen LogP contribution in [0.25, 0.3) is 82.9 Å². The topological polar surface area (TPSA) is 0 Å². The van der Waals surface area contributed by atoms with Gasteiger partial charge in [0.15, 0.2) is 0 Å². The van der Waals surface area contributed by atoms with Crippen molar-refractivity contribution in [3.8, 4) is 44.5 Å². The molecule has 0 heteroatoms. The maximum atomic E-state index is 2.46. The van der Waals surface area contributed by atoms with Gasteiger partial charge in [0, 0.05) is 5.92 Å². The zero-order valence-electron chi connectivity index (χ0n) is 26.3. The molecule has 0 radical (unpaired) electrons. The summed E-state index contributed by atoms with van der Waals surface area (Å²) in [6.45, 7) is 2.28. The molecule has 0 fully saturated rings. The van der Waals surface area contributed by atoms with Crippen LogP contribution in [0.2, 0.25) is 0 Å². The summed E-state index contributed by atoms with van der Waals surface area (Å²) in [4.78, 5) is 0. The second kappa shape index (κ2) is 10.1. The van der Waals surface area contributed by atoms with Gasteiger partial charge in [0.2, 0.25) is 0 Å². The van der Waals surface area contributed by atoms with Gasteiger partial charge < -0.3 is 0 Å². The molecule has 0 spiro atoms. The molecule has 2 aliphatic rings. The first-order valence-electron chi connectivity index (χ1n) is 16.8. The normalized spacial score (nSPS) is 14.5. The molecule has 2 aliphatic carbocycles. The molecule has 10 rings (SSSR count). The fourth-order valence-corrected chi connectivity index (χ4v) is 8.67. The van der Waals surface area contributed by atoms with Gasteiger partial charge in [-0.15, -0.1) is 0 Å². The molecule has 47 heavy (non-hydrogen) atoms. The lowest BCUT2D eigenvalue weighted by atomic mass is 9.83. The highest BCUT2D eigenvalue weighted by Gasteiger charge is 2.27. The fourth-order valence-electron chi connectivity index (χ4n) is 8.67. The first-order chi connectivity index (χ1) is 23.3. The highest BCUT2D eigenvalue weighted by Crippen LogP contribution is 2.51. The molecule has 0 nitrogen and oxygen atoms in total. The zero-order chi connectivity index (χ0) is 31.1. The predicted octanol–water partition coefficient (Wildman–Crippen LogP) is 13.1. The molecule has 0 bridgehead atoms. The predicted molar refractivity (Wildman–Crippen MR) is 201 cm³/mol. The Hall–Kier alpha value is -5.72. The van der Waals surface area contributed by atoms with Crippen molar-refractivity contribution in [3.05, 3.63) is 174 Å². The van der Waals surface area contributed by atoms with Crippen LogP contribution in [0.5, 0.6) is 0 Å². The average Bonchev–Trinajstić information content (AvgIpc) is 3.67. The molecule has 0 aliphatic heterocycles. The van der Waals surface area contributed by atoms with Crippen molar-refractivity contribution in [2.75, 3.05) is 0 Å². The Morgan fingerprint density at radius 1 is 0.468 bits per heavy atom. The molecule has 1 unspecified atom stereocenters. The Labute approximate surface area is 275 Å². The van der Waals surface area contributed by atoms with Crippen LogP contribution in [0.4, 0.5) is 0 Å². The number of allylic oxidation sites excluding steroid dienone is 1. The van der Waals surface area contributed by atoms with Gasteiger partial charge in [0.1, 0.15) is 0 Å². The smallest absolute Gasteiger partial charge is 0.0308 e. The summed E-state index contributed by atoms with van der Waals surface area (Å²) in [5, 5.41) is 7.84. The summed E-state index contributed by atoms with van der Waals surface area (Å²) >= 11 is 0. The number of fused-ring (bicyclic) bond motifs is 6. The van der Waals surface area contributed by atoms with Crippen LogP contribution in [-0.2, 0) is 0 Å². The molecule has 0 aromatic heterocycles. The summed E-state index contributed by atoms with van der Waals surface area (Å²) in [5.41, 5.74) is 16.1. The minimum absolute atomic E-state index is 0.297. The van der Waals surface area contributed by atoms with Crippen molar-refractivity contribution >= 4 is 38.4 Å². The van der Waals surface area contributed by atoms with E-state index in [4.69, 9.17) is 0 Å². The van der Waals surface area contributed by atoms with Gasteiger partial charge in [-0.05, 0) is 112 Å². The van der Waals surface area contributed by atoms with Gasteiger partial charge in [-0.3, -0.25) is 0 Å². The van der Waals surface area contributed by atoms with Crippen molar-refractivity contribution in [3.63, 3.8) is 0 Å². The third kappa shape index (κ3) is 3.82. The average molecular weight is 597 g/mol. The lowest BCUT2D eigenvalue weighted by Crippen LogP contribution is -2.01. The summed E-state index contributed by atoms with van der Waals surface area (Å²) in [6.07, 6.45) is 3.45. The minimum atomic E-state index is 0.297. The van der Waals surface area contributed by atoms with Gasteiger partial charge in [-0.2, -0.15) is 0 Å². The van der Waals surface area contributed by atoms with Crippen molar-refractivity contribution < 1.29 is 0 Å². The number of rotatable bonds is 4. The van der Waals surface area contributed by atoms with Gasteiger partial charge in [-0.1, -0.05) is 158 Å². The standard InChI is InChI=1S/C47H32/c1-2-29-25-30-13-3-4-17-35(30)44(29)31-14-11-15-32(26-31)45-39-20-7-9-22-41(39)47(42-23-10-8-21-40(42)45)34-27-33-16-12-24-38-36-18-5-6-19-37(36)43(28-34)46(33)38/h3-28,44H,2H2,1H3. The van der Waals surface area contributed by atoms with Crippen molar-refractivity contribution in [2.24, 2.45) is 0 Å². The van der Waals surface area contributed by atoms with Gasteiger partial charge in [0.05, 0.1) is 0 Å². The molecule has 0 saturated heterocycles. The van der Waals surface area contributed by atoms with Gasteiger partial charge >= 0.3 is 0 Å². The number of hydrogen-bond donors (Lipinski definition) is 0. The largest absolute Gasteiger partial charge is 0.0619 e. The molecule has 8 aromatic rings. The van der Waals surface area contributed by atoms with Crippen LogP contribution in [0, 0.1) is 0 Å². The van der Waals surface area contributed by atoms with Crippen molar-refractivity contribution in [1.82, 2.24) is 0 Å². The Morgan fingerprint density at radius 3 is 1.79 bits per heavy atom. The lowest BCUT2D eigenvalue weighted by molar-refractivity contribution is 0.909. The maximum Gasteiger partial charge on any atom is 0.0308 e.